The standard InChI is InChI=1S/C13H11ClN6O2.C13H9ClN6O/c14-7-1-2-11(20-5-10(13(15)22)18-19-20)8(3-7)9-4-12(21)17-6-16-9;14-8-1-2-12(20-6-9(5-15)18-19-20)10(3-8)11-4-13(21)17-7-16-11/h1-6,12,21H,(H2,15,22)(H,16,17);1-4,6-7,13,21H,(H,16,17). The topological polar surface area (TPSA) is 218 Å². The third-order valence-corrected chi connectivity index (χ3v) is 6.34. The fraction of sp³-hybridized carbons (Fsp3) is 0.0769. The van der Waals surface area contributed by atoms with Crippen LogP contribution < -0.4 is 16.4 Å². The van der Waals surface area contributed by atoms with E-state index in [-0.39, 0.29) is 11.4 Å². The number of nitriles is 1. The van der Waals surface area contributed by atoms with Crippen molar-refractivity contribution in [1.29, 1.82) is 5.26 Å². The summed E-state index contributed by atoms with van der Waals surface area (Å²) in [6.07, 6.45) is 6.95. The van der Waals surface area contributed by atoms with Crippen LogP contribution in [0.1, 0.15) is 27.3 Å². The van der Waals surface area contributed by atoms with Gasteiger partial charge >= 0.3 is 0 Å². The average Bonchev–Trinajstić information content (AvgIpc) is 3.68. The lowest BCUT2D eigenvalue weighted by Crippen LogP contribution is -2.20. The number of rotatable bonds is 5. The van der Waals surface area contributed by atoms with Crippen LogP contribution in [-0.4, -0.2) is 71.2 Å². The molecule has 0 aliphatic carbocycles. The van der Waals surface area contributed by atoms with Crippen molar-refractivity contribution < 1.29 is 15.0 Å². The minimum absolute atomic E-state index is 0.0491. The smallest absolute Gasteiger partial charge is 0.270 e. The average molecular weight is 619 g/mol. The van der Waals surface area contributed by atoms with Crippen LogP contribution in [0.4, 0.5) is 0 Å². The number of aromatic nitrogens is 6. The maximum atomic E-state index is 11.1. The second kappa shape index (κ2) is 12.6. The highest BCUT2D eigenvalue weighted by molar-refractivity contribution is 6.31. The first-order valence-corrected chi connectivity index (χ1v) is 13.0. The predicted molar refractivity (Wildman–Crippen MR) is 157 cm³/mol. The Labute approximate surface area is 252 Å². The van der Waals surface area contributed by atoms with E-state index in [2.05, 4.69) is 41.2 Å². The Balaban J connectivity index is 0.000000171. The highest BCUT2D eigenvalue weighted by Gasteiger charge is 2.17. The molecular weight excluding hydrogens is 599 g/mol. The van der Waals surface area contributed by atoms with E-state index in [0.29, 0.717) is 43.9 Å². The number of aliphatic hydroxyl groups excluding tert-OH is 2. The molecule has 4 heterocycles. The Hall–Kier alpha value is -5.40. The van der Waals surface area contributed by atoms with Crippen LogP contribution in [0.25, 0.3) is 22.8 Å². The number of carbonyl (C=O) groups excluding carboxylic acids is 1. The monoisotopic (exact) mass is 618 g/mol. The molecule has 0 spiro atoms. The van der Waals surface area contributed by atoms with E-state index in [4.69, 9.17) is 34.2 Å². The molecule has 17 heteroatoms. The van der Waals surface area contributed by atoms with Crippen molar-refractivity contribution in [2.75, 3.05) is 0 Å². The summed E-state index contributed by atoms with van der Waals surface area (Å²) >= 11 is 12.1. The second-order valence-electron chi connectivity index (χ2n) is 8.73. The molecule has 2 aromatic carbocycles. The second-order valence-corrected chi connectivity index (χ2v) is 9.60. The quantitative estimate of drug-likeness (QED) is 0.216. The van der Waals surface area contributed by atoms with E-state index < -0.39 is 18.4 Å². The summed E-state index contributed by atoms with van der Waals surface area (Å²) in [5.41, 5.74) is 9.36. The Morgan fingerprint density at radius 2 is 1.37 bits per heavy atom. The zero-order chi connectivity index (χ0) is 30.5. The van der Waals surface area contributed by atoms with Gasteiger partial charge in [-0.3, -0.25) is 4.79 Å². The van der Waals surface area contributed by atoms with E-state index >= 15 is 0 Å². The molecule has 6 rings (SSSR count). The summed E-state index contributed by atoms with van der Waals surface area (Å²) in [4.78, 5) is 18.7. The van der Waals surface area contributed by atoms with Gasteiger partial charge in [0.15, 0.2) is 23.8 Å². The molecule has 2 atom stereocenters. The summed E-state index contributed by atoms with van der Waals surface area (Å²) in [6.45, 7) is 0. The third kappa shape index (κ3) is 6.74. The van der Waals surface area contributed by atoms with Gasteiger partial charge in [-0.2, -0.15) is 5.26 Å². The molecule has 1 amide bonds. The van der Waals surface area contributed by atoms with Crippen molar-refractivity contribution in [2.24, 2.45) is 15.7 Å². The number of benzene rings is 2. The lowest BCUT2D eigenvalue weighted by atomic mass is 10.1. The molecule has 4 aromatic rings. The summed E-state index contributed by atoms with van der Waals surface area (Å²) < 4.78 is 2.89. The van der Waals surface area contributed by atoms with Crippen molar-refractivity contribution in [2.45, 2.75) is 12.5 Å². The zero-order valence-corrected chi connectivity index (χ0v) is 23.3. The van der Waals surface area contributed by atoms with Gasteiger partial charge in [0.05, 0.1) is 36.4 Å². The summed E-state index contributed by atoms with van der Waals surface area (Å²) in [5, 5.41) is 50.2. The number of halogens is 2. The minimum Gasteiger partial charge on any atom is -0.368 e. The number of nitrogens with two attached hydrogens (primary N) is 1. The van der Waals surface area contributed by atoms with Gasteiger partial charge in [0.1, 0.15) is 6.07 Å². The SMILES string of the molecule is N#Cc1cn(-c2ccc(Cl)cc2C2=CC(O)N=CN2)nn1.NC(=O)c1cn(-c2ccc(Cl)cc2C2=CC(O)N=CN2)nn1. The maximum absolute atomic E-state index is 11.1. The van der Waals surface area contributed by atoms with Crippen LogP contribution in [0, 0.1) is 11.3 Å². The van der Waals surface area contributed by atoms with Gasteiger partial charge in [0, 0.05) is 32.6 Å². The van der Waals surface area contributed by atoms with E-state index in [0.717, 1.165) is 0 Å². The maximum Gasteiger partial charge on any atom is 0.270 e. The van der Waals surface area contributed by atoms with E-state index in [1.54, 1.807) is 42.5 Å². The van der Waals surface area contributed by atoms with Gasteiger partial charge in [0.2, 0.25) is 0 Å². The zero-order valence-electron chi connectivity index (χ0n) is 21.7. The van der Waals surface area contributed by atoms with Gasteiger partial charge in [-0.15, -0.1) is 10.2 Å². The highest BCUT2D eigenvalue weighted by atomic mass is 35.5. The molecule has 6 N–H and O–H groups in total. The molecule has 0 saturated heterocycles. The van der Waals surface area contributed by atoms with E-state index in [1.165, 1.54) is 40.5 Å². The third-order valence-electron chi connectivity index (χ3n) is 5.87. The van der Waals surface area contributed by atoms with Crippen LogP contribution in [0.2, 0.25) is 10.0 Å². The number of hydrogen-bond donors (Lipinski definition) is 5. The summed E-state index contributed by atoms with van der Waals surface area (Å²) in [7, 11) is 0. The molecular formula is C26H20Cl2N12O3. The molecule has 15 nitrogen and oxygen atoms in total. The first-order chi connectivity index (χ1) is 20.7. The molecule has 0 saturated carbocycles. The largest absolute Gasteiger partial charge is 0.368 e. The van der Waals surface area contributed by atoms with Crippen LogP contribution in [0.3, 0.4) is 0 Å². The molecule has 2 aromatic heterocycles. The number of aliphatic hydroxyl groups is 2. The minimum atomic E-state index is -0.944. The first kappa shape index (κ1) is 29.1. The van der Waals surface area contributed by atoms with E-state index in [1.807, 2.05) is 6.07 Å². The predicted octanol–water partition coefficient (Wildman–Crippen LogP) is 1.39. The van der Waals surface area contributed by atoms with Crippen LogP contribution in [0.15, 0.2) is 70.9 Å². The number of hydrogen-bond acceptors (Lipinski definition) is 12. The molecule has 2 aliphatic rings. The van der Waals surface area contributed by atoms with Gasteiger partial charge < -0.3 is 26.6 Å². The normalized spacial score (nSPS) is 17.0. The first-order valence-electron chi connectivity index (χ1n) is 12.2. The van der Waals surface area contributed by atoms with Crippen LogP contribution in [-0.2, 0) is 0 Å². The van der Waals surface area contributed by atoms with Crippen molar-refractivity contribution in [3.8, 4) is 17.4 Å². The molecule has 43 heavy (non-hydrogen) atoms. The number of aliphatic imine (C=N–C) groups is 2. The van der Waals surface area contributed by atoms with Gasteiger partial charge in [-0.05, 0) is 48.6 Å². The molecule has 2 aliphatic heterocycles. The van der Waals surface area contributed by atoms with E-state index in [9.17, 15) is 15.0 Å². The lowest BCUT2D eigenvalue weighted by Gasteiger charge is -2.17. The fourth-order valence-electron chi connectivity index (χ4n) is 3.96. The van der Waals surface area contributed by atoms with Gasteiger partial charge in [-0.1, -0.05) is 33.6 Å². The van der Waals surface area contributed by atoms with Crippen LogP contribution >= 0.6 is 23.2 Å². The van der Waals surface area contributed by atoms with Crippen molar-refractivity contribution in [3.63, 3.8) is 0 Å². The molecule has 0 bridgehead atoms. The molecule has 2 unspecified atom stereocenters. The number of carbonyl (C=O) groups is 1. The Bertz CT molecular complexity index is 1850. The lowest BCUT2D eigenvalue weighted by molar-refractivity contribution is 0.0995. The number of nitrogens with zero attached hydrogens (tertiary/aromatic N) is 9. The number of amides is 1. The van der Waals surface area contributed by atoms with Gasteiger partial charge in [0.25, 0.3) is 5.91 Å². The fourth-order valence-corrected chi connectivity index (χ4v) is 4.30. The Morgan fingerprint density at radius 1 is 0.860 bits per heavy atom. The van der Waals surface area contributed by atoms with Crippen LogP contribution in [0.5, 0.6) is 0 Å². The van der Waals surface area contributed by atoms with Crippen molar-refractivity contribution in [3.05, 3.63) is 93.5 Å². The molecule has 0 fully saturated rings. The van der Waals surface area contributed by atoms with Gasteiger partial charge in [-0.25, -0.2) is 19.3 Å². The summed E-state index contributed by atoms with van der Waals surface area (Å²) in [5.74, 6) is -0.667. The molecule has 216 valence electrons. The Morgan fingerprint density at radius 3 is 1.81 bits per heavy atom. The van der Waals surface area contributed by atoms with Crippen molar-refractivity contribution >= 4 is 53.2 Å². The van der Waals surface area contributed by atoms with Crippen molar-refractivity contribution in [1.82, 2.24) is 40.6 Å². The molecule has 0 radical (unpaired) electrons. The summed E-state index contributed by atoms with van der Waals surface area (Å²) in [6, 6.07) is 12.2. The highest BCUT2D eigenvalue weighted by Crippen LogP contribution is 2.27. The Kier molecular flexibility index (Phi) is 8.55. The number of primary amides is 1. The number of nitrogens with one attached hydrogen (secondary N) is 2.